The van der Waals surface area contributed by atoms with Crippen LogP contribution in [0.4, 0.5) is 14.9 Å². The van der Waals surface area contributed by atoms with E-state index in [1.165, 1.54) is 18.2 Å². The van der Waals surface area contributed by atoms with Gasteiger partial charge in [-0.15, -0.1) is 0 Å². The van der Waals surface area contributed by atoms with Gasteiger partial charge in [0.15, 0.2) is 0 Å². The number of hydrogen-bond acceptors (Lipinski definition) is 3. The third kappa shape index (κ3) is 4.58. The van der Waals surface area contributed by atoms with Gasteiger partial charge in [-0.1, -0.05) is 28.1 Å². The number of urea groups is 1. The molecule has 0 aliphatic carbocycles. The van der Waals surface area contributed by atoms with E-state index >= 15 is 0 Å². The SMILES string of the molecule is Cc1cc(/C=C2\NC(=O)N(CC(=O)Nc3ccccc3F)C2=O)c(C)n1-c1ccc(Br)cc1. The number of hydrogen-bond donors (Lipinski definition) is 2. The second-order valence-electron chi connectivity index (χ2n) is 7.55. The Kier molecular flexibility index (Phi) is 6.15. The topological polar surface area (TPSA) is 83.4 Å². The standard InChI is InChI=1S/C24H20BrFN4O3/c1-14-11-16(15(2)30(14)18-9-7-17(25)8-10-18)12-21-23(32)29(24(33)28-21)13-22(31)27-20-6-4-3-5-19(20)26/h3-12H,13H2,1-2H3,(H,27,31)(H,28,33)/b21-12-. The van der Waals surface area contributed by atoms with Crippen LogP contribution in [0.1, 0.15) is 17.0 Å². The lowest BCUT2D eigenvalue weighted by atomic mass is 10.2. The van der Waals surface area contributed by atoms with E-state index in [9.17, 15) is 18.8 Å². The third-order valence-electron chi connectivity index (χ3n) is 5.27. The van der Waals surface area contributed by atoms with Crippen molar-refractivity contribution >= 4 is 45.5 Å². The summed E-state index contributed by atoms with van der Waals surface area (Å²) in [5.41, 5.74) is 3.61. The van der Waals surface area contributed by atoms with Gasteiger partial charge in [0.25, 0.3) is 5.91 Å². The second-order valence-corrected chi connectivity index (χ2v) is 8.46. The van der Waals surface area contributed by atoms with Gasteiger partial charge in [0, 0.05) is 21.5 Å². The summed E-state index contributed by atoms with van der Waals surface area (Å²) in [6.07, 6.45) is 1.59. The summed E-state index contributed by atoms with van der Waals surface area (Å²) in [4.78, 5) is 38.2. The zero-order valence-electron chi connectivity index (χ0n) is 17.9. The lowest BCUT2D eigenvalue weighted by molar-refractivity contribution is -0.127. The van der Waals surface area contributed by atoms with E-state index in [-0.39, 0.29) is 11.4 Å². The van der Waals surface area contributed by atoms with Crippen molar-refractivity contribution in [2.45, 2.75) is 13.8 Å². The molecule has 4 amide bonds. The average molecular weight is 511 g/mol. The number of benzene rings is 2. The van der Waals surface area contributed by atoms with Gasteiger partial charge < -0.3 is 15.2 Å². The number of para-hydroxylation sites is 1. The van der Waals surface area contributed by atoms with Crippen molar-refractivity contribution in [1.29, 1.82) is 0 Å². The summed E-state index contributed by atoms with van der Waals surface area (Å²) in [6, 6.07) is 14.7. The Morgan fingerprint density at radius 1 is 1.12 bits per heavy atom. The molecule has 1 aliphatic rings. The molecule has 0 bridgehead atoms. The number of carbonyl (C=O) groups excluding carboxylic acids is 3. The maximum absolute atomic E-state index is 13.7. The molecule has 1 aromatic heterocycles. The highest BCUT2D eigenvalue weighted by Crippen LogP contribution is 2.25. The number of nitrogens with zero attached hydrogens (tertiary/aromatic N) is 2. The van der Waals surface area contributed by atoms with Crippen LogP contribution >= 0.6 is 15.9 Å². The Labute approximate surface area is 198 Å². The van der Waals surface area contributed by atoms with E-state index in [0.717, 1.165) is 32.0 Å². The van der Waals surface area contributed by atoms with Crippen LogP contribution in [-0.4, -0.2) is 33.9 Å². The van der Waals surface area contributed by atoms with Crippen LogP contribution in [0.5, 0.6) is 0 Å². The average Bonchev–Trinajstić information content (AvgIpc) is 3.20. The fourth-order valence-electron chi connectivity index (χ4n) is 3.69. The molecule has 168 valence electrons. The van der Waals surface area contributed by atoms with Crippen molar-refractivity contribution in [3.05, 3.63) is 87.5 Å². The summed E-state index contributed by atoms with van der Waals surface area (Å²) in [7, 11) is 0. The van der Waals surface area contributed by atoms with Crippen LogP contribution in [0.25, 0.3) is 11.8 Å². The minimum Gasteiger partial charge on any atom is -0.322 e. The molecule has 1 saturated heterocycles. The molecule has 0 radical (unpaired) electrons. The predicted octanol–water partition coefficient (Wildman–Crippen LogP) is 4.53. The predicted molar refractivity (Wildman–Crippen MR) is 126 cm³/mol. The molecule has 4 rings (SSSR count). The third-order valence-corrected chi connectivity index (χ3v) is 5.80. The highest BCUT2D eigenvalue weighted by Gasteiger charge is 2.35. The van der Waals surface area contributed by atoms with Crippen LogP contribution in [0.2, 0.25) is 0 Å². The first-order valence-electron chi connectivity index (χ1n) is 10.1. The van der Waals surface area contributed by atoms with Crippen LogP contribution in [0, 0.1) is 19.7 Å². The Bertz CT molecular complexity index is 1300. The van der Waals surface area contributed by atoms with E-state index in [4.69, 9.17) is 0 Å². The zero-order valence-corrected chi connectivity index (χ0v) is 19.4. The molecule has 2 aromatic carbocycles. The molecule has 2 heterocycles. The normalized spacial score (nSPS) is 14.7. The van der Waals surface area contributed by atoms with E-state index < -0.39 is 30.2 Å². The summed E-state index contributed by atoms with van der Waals surface area (Å²) in [5.74, 6) is -1.92. The first kappa shape index (κ1) is 22.5. The number of amides is 4. The molecule has 0 spiro atoms. The van der Waals surface area contributed by atoms with Crippen LogP contribution in [0.3, 0.4) is 0 Å². The number of carbonyl (C=O) groups is 3. The molecule has 0 atom stereocenters. The first-order valence-corrected chi connectivity index (χ1v) is 10.9. The minimum atomic E-state index is -0.711. The lowest BCUT2D eigenvalue weighted by Crippen LogP contribution is -2.38. The van der Waals surface area contributed by atoms with Crippen LogP contribution in [-0.2, 0) is 9.59 Å². The first-order chi connectivity index (χ1) is 15.7. The number of halogens is 2. The monoisotopic (exact) mass is 510 g/mol. The Morgan fingerprint density at radius 3 is 2.52 bits per heavy atom. The van der Waals surface area contributed by atoms with Gasteiger partial charge in [-0.25, -0.2) is 14.1 Å². The number of aryl methyl sites for hydroxylation is 1. The molecule has 2 N–H and O–H groups in total. The highest BCUT2D eigenvalue weighted by atomic mass is 79.9. The smallest absolute Gasteiger partial charge is 0.322 e. The van der Waals surface area contributed by atoms with Gasteiger partial charge in [0.05, 0.1) is 5.69 Å². The number of nitrogens with one attached hydrogen (secondary N) is 2. The zero-order chi connectivity index (χ0) is 23.7. The van der Waals surface area contributed by atoms with E-state index in [2.05, 4.69) is 26.6 Å². The highest BCUT2D eigenvalue weighted by molar-refractivity contribution is 9.10. The molecule has 7 nitrogen and oxygen atoms in total. The number of rotatable bonds is 5. The van der Waals surface area contributed by atoms with Crippen molar-refractivity contribution in [1.82, 2.24) is 14.8 Å². The van der Waals surface area contributed by atoms with E-state index in [1.807, 2.05) is 48.7 Å². The van der Waals surface area contributed by atoms with Crippen molar-refractivity contribution in [3.8, 4) is 5.69 Å². The fraction of sp³-hybridized carbons (Fsp3) is 0.125. The van der Waals surface area contributed by atoms with Crippen molar-refractivity contribution in [2.24, 2.45) is 0 Å². The van der Waals surface area contributed by atoms with Gasteiger partial charge in [0.1, 0.15) is 18.1 Å². The maximum Gasteiger partial charge on any atom is 0.329 e. The van der Waals surface area contributed by atoms with E-state index in [0.29, 0.717) is 0 Å². The van der Waals surface area contributed by atoms with Crippen molar-refractivity contribution < 1.29 is 18.8 Å². The summed E-state index contributed by atoms with van der Waals surface area (Å²) < 4.78 is 16.8. The van der Waals surface area contributed by atoms with Gasteiger partial charge in [0.2, 0.25) is 5.91 Å². The Hall–Kier alpha value is -3.72. The fourth-order valence-corrected chi connectivity index (χ4v) is 3.95. The van der Waals surface area contributed by atoms with Crippen molar-refractivity contribution in [3.63, 3.8) is 0 Å². The van der Waals surface area contributed by atoms with Gasteiger partial charge in [-0.2, -0.15) is 0 Å². The molecule has 1 aliphatic heterocycles. The second kappa shape index (κ2) is 9.03. The molecule has 0 saturated carbocycles. The van der Waals surface area contributed by atoms with Crippen LogP contribution in [0.15, 0.2) is 64.8 Å². The molecule has 33 heavy (non-hydrogen) atoms. The minimum absolute atomic E-state index is 0.0225. The molecular formula is C24H20BrFN4O3. The molecule has 0 unspecified atom stereocenters. The molecule has 1 fully saturated rings. The van der Waals surface area contributed by atoms with Gasteiger partial charge in [-0.05, 0) is 68.0 Å². The van der Waals surface area contributed by atoms with Gasteiger partial charge in [-0.3, -0.25) is 9.59 Å². The number of aromatic nitrogens is 1. The van der Waals surface area contributed by atoms with E-state index in [1.54, 1.807) is 12.1 Å². The van der Waals surface area contributed by atoms with Crippen LogP contribution < -0.4 is 10.6 Å². The molecule has 9 heteroatoms. The largest absolute Gasteiger partial charge is 0.329 e. The maximum atomic E-state index is 13.7. The Morgan fingerprint density at radius 2 is 1.82 bits per heavy atom. The Balaban J connectivity index is 1.53. The summed E-state index contributed by atoms with van der Waals surface area (Å²) in [5, 5.41) is 4.89. The van der Waals surface area contributed by atoms with Gasteiger partial charge >= 0.3 is 6.03 Å². The molecular weight excluding hydrogens is 491 g/mol. The number of anilines is 1. The quantitative estimate of drug-likeness (QED) is 0.390. The molecule has 3 aromatic rings. The van der Waals surface area contributed by atoms with Crippen molar-refractivity contribution in [2.75, 3.05) is 11.9 Å². The summed E-state index contributed by atoms with van der Waals surface area (Å²) in [6.45, 7) is 3.34. The lowest BCUT2D eigenvalue weighted by Gasteiger charge is -2.12. The number of imide groups is 1. The summed E-state index contributed by atoms with van der Waals surface area (Å²) >= 11 is 3.43.